The van der Waals surface area contributed by atoms with E-state index < -0.39 is 0 Å². The van der Waals surface area contributed by atoms with Crippen molar-refractivity contribution in [3.05, 3.63) is 16.1 Å². The topological polar surface area (TPSA) is 58.5 Å². The Hall–Kier alpha value is -0.410. The zero-order valence-electron chi connectivity index (χ0n) is 13.1. The van der Waals surface area contributed by atoms with Crippen LogP contribution in [0.1, 0.15) is 36.6 Å². The van der Waals surface area contributed by atoms with E-state index in [-0.39, 0.29) is 24.0 Å². The number of hydrogen-bond donors (Lipinski definition) is 2. The lowest BCUT2D eigenvalue weighted by molar-refractivity contribution is 0.136. The van der Waals surface area contributed by atoms with Crippen molar-refractivity contribution in [2.45, 2.75) is 40.2 Å². The van der Waals surface area contributed by atoms with Crippen LogP contribution in [0.5, 0.6) is 0 Å². The number of hydrogen-bond acceptors (Lipinski definition) is 4. The normalized spacial score (nSPS) is 11.1. The summed E-state index contributed by atoms with van der Waals surface area (Å²) in [4.78, 5) is 10.0. The van der Waals surface area contributed by atoms with Gasteiger partial charge in [0, 0.05) is 30.8 Å². The number of halogens is 1. The maximum atomic E-state index is 5.51. The van der Waals surface area contributed by atoms with Crippen LogP contribution in [-0.4, -0.2) is 37.2 Å². The number of aromatic nitrogens is 1. The van der Waals surface area contributed by atoms with E-state index in [9.17, 15) is 0 Å². The van der Waals surface area contributed by atoms with Crippen LogP contribution in [0, 0.1) is 6.92 Å². The summed E-state index contributed by atoms with van der Waals surface area (Å²) in [6, 6.07) is 0. The number of ether oxygens (including phenoxy) is 1. The summed E-state index contributed by atoms with van der Waals surface area (Å²) in [5.41, 5.74) is 0. The van der Waals surface area contributed by atoms with Crippen molar-refractivity contribution in [3.63, 3.8) is 0 Å². The number of nitrogens with one attached hydrogen (secondary N) is 2. The minimum atomic E-state index is 0. The molecule has 0 aliphatic carbocycles. The van der Waals surface area contributed by atoms with Crippen molar-refractivity contribution in [1.82, 2.24) is 15.6 Å². The number of aryl methyl sites for hydroxylation is 1. The number of aliphatic imine (C=N–C) groups is 1. The Morgan fingerprint density at radius 2 is 2.14 bits per heavy atom. The lowest BCUT2D eigenvalue weighted by Gasteiger charge is -2.11. The van der Waals surface area contributed by atoms with Gasteiger partial charge in [0.15, 0.2) is 5.96 Å². The molecule has 0 aliphatic rings. The molecule has 21 heavy (non-hydrogen) atoms. The van der Waals surface area contributed by atoms with Gasteiger partial charge in [0.25, 0.3) is 0 Å². The van der Waals surface area contributed by atoms with E-state index in [0.717, 1.165) is 37.1 Å². The molecular formula is C14H27IN4OS. The lowest BCUT2D eigenvalue weighted by Crippen LogP contribution is -2.39. The van der Waals surface area contributed by atoms with Crippen LogP contribution in [0.3, 0.4) is 0 Å². The number of unbranched alkanes of at least 4 members (excludes halogenated alkanes) is 1. The third-order valence-corrected chi connectivity index (χ3v) is 3.46. The Bertz CT molecular complexity index is 398. The van der Waals surface area contributed by atoms with Gasteiger partial charge in [-0.25, -0.2) is 9.98 Å². The fourth-order valence-corrected chi connectivity index (χ4v) is 2.26. The number of guanidine groups is 1. The molecule has 5 nitrogen and oxygen atoms in total. The van der Waals surface area contributed by atoms with Crippen molar-refractivity contribution in [3.8, 4) is 0 Å². The van der Waals surface area contributed by atoms with Gasteiger partial charge in [-0.2, -0.15) is 0 Å². The third kappa shape index (κ3) is 10.0. The van der Waals surface area contributed by atoms with Crippen molar-refractivity contribution in [2.24, 2.45) is 4.99 Å². The van der Waals surface area contributed by atoms with Crippen LogP contribution >= 0.6 is 35.3 Å². The Morgan fingerprint density at radius 1 is 1.33 bits per heavy atom. The Morgan fingerprint density at radius 3 is 2.76 bits per heavy atom. The highest BCUT2D eigenvalue weighted by atomic mass is 127. The SMILES string of the molecule is CCCCOCCNC(=NCc1ncc(C)s1)NCC.I. The number of rotatable bonds is 9. The van der Waals surface area contributed by atoms with Crippen LogP contribution in [-0.2, 0) is 11.3 Å². The molecule has 0 amide bonds. The van der Waals surface area contributed by atoms with E-state index in [2.05, 4.69) is 41.4 Å². The molecule has 0 unspecified atom stereocenters. The maximum absolute atomic E-state index is 5.51. The second-order valence-electron chi connectivity index (χ2n) is 4.45. The molecule has 7 heteroatoms. The first-order valence-electron chi connectivity index (χ1n) is 7.27. The molecule has 0 saturated heterocycles. The molecule has 0 atom stereocenters. The molecule has 122 valence electrons. The first-order chi connectivity index (χ1) is 9.76. The Balaban J connectivity index is 0.00000400. The van der Waals surface area contributed by atoms with E-state index in [1.807, 2.05) is 6.20 Å². The van der Waals surface area contributed by atoms with Crippen LogP contribution < -0.4 is 10.6 Å². The van der Waals surface area contributed by atoms with E-state index >= 15 is 0 Å². The summed E-state index contributed by atoms with van der Waals surface area (Å²) < 4.78 is 5.51. The highest BCUT2D eigenvalue weighted by Gasteiger charge is 2.00. The molecule has 0 saturated carbocycles. The predicted octanol–water partition coefficient (Wildman–Crippen LogP) is 2.94. The van der Waals surface area contributed by atoms with Gasteiger partial charge < -0.3 is 15.4 Å². The van der Waals surface area contributed by atoms with E-state index in [0.29, 0.717) is 13.2 Å². The van der Waals surface area contributed by atoms with E-state index in [1.54, 1.807) is 11.3 Å². The minimum absolute atomic E-state index is 0. The molecule has 0 spiro atoms. The fraction of sp³-hybridized carbons (Fsp3) is 0.714. The highest BCUT2D eigenvalue weighted by molar-refractivity contribution is 14.0. The molecule has 1 aromatic rings. The standard InChI is InChI=1S/C14H26N4OS.HI/c1-4-6-8-19-9-7-16-14(15-5-2)18-11-13-17-10-12(3)20-13;/h10H,4-9,11H2,1-3H3,(H2,15,16,18);1H. The fourth-order valence-electron chi connectivity index (χ4n) is 1.55. The summed E-state index contributed by atoms with van der Waals surface area (Å²) in [6.45, 7) is 10.1. The second kappa shape index (κ2) is 13.3. The molecule has 1 rings (SSSR count). The van der Waals surface area contributed by atoms with Crippen LogP contribution in [0.2, 0.25) is 0 Å². The third-order valence-electron chi connectivity index (χ3n) is 2.57. The molecule has 0 bridgehead atoms. The monoisotopic (exact) mass is 426 g/mol. The quantitative estimate of drug-likeness (QED) is 0.276. The van der Waals surface area contributed by atoms with E-state index in [4.69, 9.17) is 4.74 Å². The highest BCUT2D eigenvalue weighted by Crippen LogP contribution is 2.11. The van der Waals surface area contributed by atoms with Gasteiger partial charge in [-0.15, -0.1) is 35.3 Å². The van der Waals surface area contributed by atoms with Crippen molar-refractivity contribution < 1.29 is 4.74 Å². The average molecular weight is 426 g/mol. The summed E-state index contributed by atoms with van der Waals surface area (Å²) in [7, 11) is 0. The molecule has 0 aliphatic heterocycles. The maximum Gasteiger partial charge on any atom is 0.191 e. The number of thiazole rings is 1. The van der Waals surface area contributed by atoms with Gasteiger partial charge in [-0.1, -0.05) is 13.3 Å². The second-order valence-corrected chi connectivity index (χ2v) is 5.77. The zero-order chi connectivity index (χ0) is 14.6. The van der Waals surface area contributed by atoms with Crippen molar-refractivity contribution >= 4 is 41.3 Å². The summed E-state index contributed by atoms with van der Waals surface area (Å²) in [5, 5.41) is 7.53. The van der Waals surface area contributed by atoms with Gasteiger partial charge in [-0.3, -0.25) is 0 Å². The first kappa shape index (κ1) is 20.6. The van der Waals surface area contributed by atoms with Crippen LogP contribution in [0.4, 0.5) is 0 Å². The van der Waals surface area contributed by atoms with Gasteiger partial charge in [0.1, 0.15) is 5.01 Å². The first-order valence-corrected chi connectivity index (χ1v) is 8.09. The van der Waals surface area contributed by atoms with Gasteiger partial charge in [0.05, 0.1) is 13.2 Å². The average Bonchev–Trinajstić information content (AvgIpc) is 2.85. The Labute approximate surface area is 149 Å². The molecule has 0 aromatic carbocycles. The van der Waals surface area contributed by atoms with Crippen LogP contribution in [0.15, 0.2) is 11.2 Å². The minimum Gasteiger partial charge on any atom is -0.380 e. The summed E-state index contributed by atoms with van der Waals surface area (Å²) >= 11 is 1.69. The molecule has 0 fully saturated rings. The molecular weight excluding hydrogens is 399 g/mol. The lowest BCUT2D eigenvalue weighted by atomic mass is 10.4. The smallest absolute Gasteiger partial charge is 0.191 e. The molecule has 1 heterocycles. The molecule has 0 radical (unpaired) electrons. The van der Waals surface area contributed by atoms with Gasteiger partial charge >= 0.3 is 0 Å². The van der Waals surface area contributed by atoms with Crippen LogP contribution in [0.25, 0.3) is 0 Å². The predicted molar refractivity (Wildman–Crippen MR) is 101 cm³/mol. The zero-order valence-corrected chi connectivity index (χ0v) is 16.3. The van der Waals surface area contributed by atoms with Gasteiger partial charge in [-0.05, 0) is 20.3 Å². The van der Waals surface area contributed by atoms with E-state index in [1.165, 1.54) is 11.3 Å². The van der Waals surface area contributed by atoms with Crippen molar-refractivity contribution in [1.29, 1.82) is 0 Å². The molecule has 1 aromatic heterocycles. The summed E-state index contributed by atoms with van der Waals surface area (Å²) in [6.07, 6.45) is 4.18. The summed E-state index contributed by atoms with van der Waals surface area (Å²) in [5.74, 6) is 0.819. The van der Waals surface area contributed by atoms with Gasteiger partial charge in [0.2, 0.25) is 0 Å². The van der Waals surface area contributed by atoms with Crippen molar-refractivity contribution in [2.75, 3.05) is 26.3 Å². The largest absolute Gasteiger partial charge is 0.380 e. The Kier molecular flexibility index (Phi) is 13.0. The molecule has 2 N–H and O–H groups in total. The number of nitrogens with zero attached hydrogens (tertiary/aromatic N) is 2.